The Morgan fingerprint density at radius 2 is 1.78 bits per heavy atom. The third-order valence-corrected chi connectivity index (χ3v) is 5.78. The van der Waals surface area contributed by atoms with Crippen LogP contribution in [0.2, 0.25) is 0 Å². The predicted molar refractivity (Wildman–Crippen MR) is 128 cm³/mol. The highest BCUT2D eigenvalue weighted by molar-refractivity contribution is 5.75. The molecule has 5 rings (SSSR count). The molecule has 0 saturated carbocycles. The van der Waals surface area contributed by atoms with Crippen LogP contribution < -0.4 is 15.3 Å². The first-order valence-electron chi connectivity index (χ1n) is 10.9. The lowest BCUT2D eigenvalue weighted by atomic mass is 10.1. The van der Waals surface area contributed by atoms with Crippen molar-refractivity contribution in [2.75, 3.05) is 36.2 Å². The fraction of sp³-hybridized carbons (Fsp3) is 0.231. The molecule has 1 saturated heterocycles. The lowest BCUT2D eigenvalue weighted by Crippen LogP contribution is -2.37. The summed E-state index contributed by atoms with van der Waals surface area (Å²) in [6.07, 6.45) is 4.18. The molecule has 1 N–H and O–H groups in total. The second-order valence-corrected chi connectivity index (χ2v) is 8.08. The molecular weight excluding hydrogens is 398 g/mol. The van der Waals surface area contributed by atoms with E-state index in [4.69, 9.17) is 14.7 Å². The number of nitrogens with zero attached hydrogens (tertiary/aromatic N) is 4. The summed E-state index contributed by atoms with van der Waals surface area (Å²) in [6, 6.07) is 20.7. The van der Waals surface area contributed by atoms with Gasteiger partial charge in [0.2, 0.25) is 0 Å². The SMILES string of the molecule is C=C(c1ccccc1)c1nc(N2CCOCC2)cc(N2C=CC(c3cccc(C)c3)N2)n1. The van der Waals surface area contributed by atoms with E-state index in [2.05, 4.69) is 54.2 Å². The number of aromatic nitrogens is 2. The molecule has 0 radical (unpaired) electrons. The van der Waals surface area contributed by atoms with Gasteiger partial charge in [-0.15, -0.1) is 0 Å². The molecule has 0 aliphatic carbocycles. The average molecular weight is 426 g/mol. The average Bonchev–Trinajstić information content (AvgIpc) is 3.35. The van der Waals surface area contributed by atoms with E-state index in [1.54, 1.807) is 0 Å². The summed E-state index contributed by atoms with van der Waals surface area (Å²) in [5.41, 5.74) is 7.83. The normalized spacial score (nSPS) is 18.2. The maximum atomic E-state index is 5.53. The third kappa shape index (κ3) is 4.28. The fourth-order valence-electron chi connectivity index (χ4n) is 4.00. The van der Waals surface area contributed by atoms with E-state index in [0.29, 0.717) is 19.0 Å². The summed E-state index contributed by atoms with van der Waals surface area (Å²) in [7, 11) is 0. The van der Waals surface area contributed by atoms with Crippen LogP contribution in [-0.4, -0.2) is 36.3 Å². The van der Waals surface area contributed by atoms with Crippen molar-refractivity contribution in [1.29, 1.82) is 0 Å². The number of aryl methyl sites for hydroxylation is 1. The van der Waals surface area contributed by atoms with Gasteiger partial charge in [0.05, 0.1) is 19.3 Å². The van der Waals surface area contributed by atoms with Crippen molar-refractivity contribution in [2.45, 2.75) is 13.0 Å². The van der Waals surface area contributed by atoms with Gasteiger partial charge in [-0.3, -0.25) is 5.01 Å². The minimum absolute atomic E-state index is 0.0949. The van der Waals surface area contributed by atoms with Crippen LogP contribution in [0, 0.1) is 6.92 Å². The summed E-state index contributed by atoms with van der Waals surface area (Å²) in [6.45, 7) is 9.42. The monoisotopic (exact) mass is 425 g/mol. The van der Waals surface area contributed by atoms with Gasteiger partial charge in [-0.05, 0) is 24.1 Å². The van der Waals surface area contributed by atoms with E-state index in [1.807, 2.05) is 47.6 Å². The van der Waals surface area contributed by atoms with Crippen LogP contribution >= 0.6 is 0 Å². The van der Waals surface area contributed by atoms with Gasteiger partial charge in [0.15, 0.2) is 11.6 Å². The Bertz CT molecular complexity index is 1140. The molecule has 3 aromatic rings. The lowest BCUT2D eigenvalue weighted by molar-refractivity contribution is 0.122. The Morgan fingerprint density at radius 1 is 1.00 bits per heavy atom. The topological polar surface area (TPSA) is 53.5 Å². The Hall–Kier alpha value is -3.48. The van der Waals surface area contributed by atoms with E-state index in [1.165, 1.54) is 11.1 Å². The Balaban J connectivity index is 1.47. The van der Waals surface area contributed by atoms with Crippen molar-refractivity contribution in [3.05, 3.63) is 102 Å². The smallest absolute Gasteiger partial charge is 0.163 e. The first-order valence-corrected chi connectivity index (χ1v) is 10.9. The summed E-state index contributed by atoms with van der Waals surface area (Å²) >= 11 is 0. The predicted octanol–water partition coefficient (Wildman–Crippen LogP) is 4.26. The number of rotatable bonds is 5. The fourth-order valence-corrected chi connectivity index (χ4v) is 4.00. The van der Waals surface area contributed by atoms with Crippen LogP contribution in [0.4, 0.5) is 11.6 Å². The summed E-state index contributed by atoms with van der Waals surface area (Å²) < 4.78 is 5.53. The molecule has 32 heavy (non-hydrogen) atoms. The van der Waals surface area contributed by atoms with Crippen molar-refractivity contribution < 1.29 is 4.74 Å². The van der Waals surface area contributed by atoms with Crippen LogP contribution in [-0.2, 0) is 4.74 Å². The molecule has 162 valence electrons. The number of ether oxygens (including phenoxy) is 1. The molecule has 1 atom stereocenters. The van der Waals surface area contributed by atoms with E-state index in [-0.39, 0.29) is 6.04 Å². The van der Waals surface area contributed by atoms with E-state index in [0.717, 1.165) is 35.9 Å². The minimum atomic E-state index is 0.0949. The highest BCUT2D eigenvalue weighted by Gasteiger charge is 2.23. The first kappa shape index (κ1) is 20.4. The zero-order chi connectivity index (χ0) is 21.9. The van der Waals surface area contributed by atoms with E-state index >= 15 is 0 Å². The maximum absolute atomic E-state index is 5.53. The molecule has 6 nitrogen and oxygen atoms in total. The van der Waals surface area contributed by atoms with Crippen molar-refractivity contribution in [3.8, 4) is 0 Å². The van der Waals surface area contributed by atoms with Crippen molar-refractivity contribution in [2.24, 2.45) is 0 Å². The molecule has 1 aromatic heterocycles. The number of morpholine rings is 1. The minimum Gasteiger partial charge on any atom is -0.378 e. The van der Waals surface area contributed by atoms with Crippen molar-refractivity contribution >= 4 is 17.2 Å². The number of hydrogen-bond donors (Lipinski definition) is 1. The second-order valence-electron chi connectivity index (χ2n) is 8.08. The Kier molecular flexibility index (Phi) is 5.71. The molecule has 2 aliphatic rings. The van der Waals surface area contributed by atoms with Gasteiger partial charge in [0.1, 0.15) is 5.82 Å². The standard InChI is InChI=1S/C26H27N5O/c1-19-7-6-10-22(17-19)23-11-12-31(29-23)25-18-24(30-13-15-32-16-14-30)27-26(28-25)20(2)21-8-4-3-5-9-21/h3-12,17-18,23,29H,2,13-16H2,1H3. The van der Waals surface area contributed by atoms with Gasteiger partial charge in [-0.2, -0.15) is 0 Å². The van der Waals surface area contributed by atoms with Crippen LogP contribution in [0.5, 0.6) is 0 Å². The van der Waals surface area contributed by atoms with E-state index < -0.39 is 0 Å². The number of hydrazine groups is 1. The first-order chi connectivity index (χ1) is 15.7. The summed E-state index contributed by atoms with van der Waals surface area (Å²) in [5.74, 6) is 2.31. The van der Waals surface area contributed by atoms with Crippen molar-refractivity contribution in [3.63, 3.8) is 0 Å². The molecule has 1 unspecified atom stereocenters. The van der Waals surface area contributed by atoms with Crippen LogP contribution in [0.15, 0.2) is 79.5 Å². The molecule has 1 fully saturated rings. The molecule has 0 amide bonds. The highest BCUT2D eigenvalue weighted by atomic mass is 16.5. The zero-order valence-corrected chi connectivity index (χ0v) is 18.2. The second kappa shape index (κ2) is 8.94. The van der Waals surface area contributed by atoms with Gasteiger partial charge >= 0.3 is 0 Å². The molecule has 6 heteroatoms. The van der Waals surface area contributed by atoms with Gasteiger partial charge in [0.25, 0.3) is 0 Å². The molecular formula is C26H27N5O. The van der Waals surface area contributed by atoms with Crippen LogP contribution in [0.3, 0.4) is 0 Å². The van der Waals surface area contributed by atoms with E-state index in [9.17, 15) is 0 Å². The highest BCUT2D eigenvalue weighted by Crippen LogP contribution is 2.29. The Labute approximate surface area is 188 Å². The summed E-state index contributed by atoms with van der Waals surface area (Å²) in [5, 5.41) is 1.97. The quantitative estimate of drug-likeness (QED) is 0.659. The number of benzene rings is 2. The van der Waals surface area contributed by atoms with Crippen LogP contribution in [0.25, 0.3) is 5.57 Å². The third-order valence-electron chi connectivity index (χ3n) is 5.78. The zero-order valence-electron chi connectivity index (χ0n) is 18.2. The van der Waals surface area contributed by atoms with Crippen molar-refractivity contribution in [1.82, 2.24) is 15.4 Å². The van der Waals surface area contributed by atoms with Crippen LogP contribution in [0.1, 0.15) is 28.6 Å². The van der Waals surface area contributed by atoms with Gasteiger partial charge in [0, 0.05) is 30.9 Å². The molecule has 0 bridgehead atoms. The van der Waals surface area contributed by atoms with Gasteiger partial charge in [-0.1, -0.05) is 66.7 Å². The van der Waals surface area contributed by atoms with Gasteiger partial charge < -0.3 is 9.64 Å². The van der Waals surface area contributed by atoms with Gasteiger partial charge in [-0.25, -0.2) is 15.4 Å². The summed E-state index contributed by atoms with van der Waals surface area (Å²) in [4.78, 5) is 12.0. The Morgan fingerprint density at radius 3 is 2.56 bits per heavy atom. The molecule has 3 heterocycles. The lowest BCUT2D eigenvalue weighted by Gasteiger charge is -2.29. The number of anilines is 2. The largest absolute Gasteiger partial charge is 0.378 e. The molecule has 2 aliphatic heterocycles. The number of nitrogens with one attached hydrogen (secondary N) is 1. The number of hydrogen-bond acceptors (Lipinski definition) is 6. The molecule has 2 aromatic carbocycles. The molecule has 0 spiro atoms. The maximum Gasteiger partial charge on any atom is 0.163 e.